The van der Waals surface area contributed by atoms with Gasteiger partial charge in [-0.15, -0.1) is 0 Å². The molecule has 0 amide bonds. The van der Waals surface area contributed by atoms with Gasteiger partial charge in [-0.3, -0.25) is 0 Å². The quantitative estimate of drug-likeness (QED) is 0.628. The average molecular weight is 329 g/mol. The lowest BCUT2D eigenvalue weighted by atomic mass is 10.6. The zero-order valence-electron chi connectivity index (χ0n) is 7.42. The van der Waals surface area contributed by atoms with Crippen molar-refractivity contribution in [1.82, 2.24) is 9.97 Å². The molecular formula is C8H10ClIN2S. The molecule has 0 aliphatic carbocycles. The van der Waals surface area contributed by atoms with Crippen LogP contribution in [0.1, 0.15) is 19.7 Å². The zero-order chi connectivity index (χ0) is 9.84. The van der Waals surface area contributed by atoms with E-state index in [-0.39, 0.29) is 0 Å². The molecule has 72 valence electrons. The number of nitrogens with zero attached hydrogens (tertiary/aromatic N) is 2. The largest absolute Gasteiger partial charge is 0.239 e. The van der Waals surface area contributed by atoms with Gasteiger partial charge in [-0.25, -0.2) is 9.97 Å². The van der Waals surface area contributed by atoms with E-state index >= 15 is 0 Å². The summed E-state index contributed by atoms with van der Waals surface area (Å²) in [6.07, 6.45) is 1.76. The maximum atomic E-state index is 5.86. The smallest absolute Gasteiger partial charge is 0.146 e. The highest BCUT2D eigenvalue weighted by Gasteiger charge is 2.03. The topological polar surface area (TPSA) is 25.8 Å². The van der Waals surface area contributed by atoms with Gasteiger partial charge in [0.15, 0.2) is 0 Å². The van der Waals surface area contributed by atoms with Crippen LogP contribution in [0.3, 0.4) is 0 Å². The van der Waals surface area contributed by atoms with Crippen LogP contribution in [-0.2, 0) is 5.75 Å². The molecule has 1 rings (SSSR count). The van der Waals surface area contributed by atoms with Gasteiger partial charge in [-0.2, -0.15) is 11.8 Å². The van der Waals surface area contributed by atoms with Gasteiger partial charge in [-0.05, 0) is 27.8 Å². The lowest BCUT2D eigenvalue weighted by Gasteiger charge is -2.03. The van der Waals surface area contributed by atoms with Crippen molar-refractivity contribution in [2.24, 2.45) is 0 Å². The van der Waals surface area contributed by atoms with Gasteiger partial charge < -0.3 is 0 Å². The Morgan fingerprint density at radius 2 is 2.31 bits per heavy atom. The lowest BCUT2D eigenvalue weighted by Crippen LogP contribution is -1.96. The van der Waals surface area contributed by atoms with Crippen molar-refractivity contribution >= 4 is 46.0 Å². The van der Waals surface area contributed by atoms with Crippen LogP contribution in [0.25, 0.3) is 0 Å². The molecule has 0 aliphatic heterocycles. The summed E-state index contributed by atoms with van der Waals surface area (Å²) in [7, 11) is 0. The maximum absolute atomic E-state index is 5.86. The highest BCUT2D eigenvalue weighted by molar-refractivity contribution is 14.1. The second kappa shape index (κ2) is 5.36. The molecule has 1 heterocycles. The number of aromatic nitrogens is 2. The van der Waals surface area contributed by atoms with Gasteiger partial charge in [0.25, 0.3) is 0 Å². The third kappa shape index (κ3) is 3.99. The summed E-state index contributed by atoms with van der Waals surface area (Å²) >= 11 is 9.79. The number of hydrogen-bond donors (Lipinski definition) is 0. The van der Waals surface area contributed by atoms with E-state index in [1.54, 1.807) is 6.20 Å². The van der Waals surface area contributed by atoms with Gasteiger partial charge >= 0.3 is 0 Å². The summed E-state index contributed by atoms with van der Waals surface area (Å²) in [6, 6.07) is 0. The molecule has 0 N–H and O–H groups in total. The van der Waals surface area contributed by atoms with Crippen molar-refractivity contribution in [2.45, 2.75) is 24.9 Å². The first-order valence-corrected chi connectivity index (χ1v) is 6.38. The van der Waals surface area contributed by atoms with E-state index in [1.165, 1.54) is 0 Å². The predicted molar refractivity (Wildman–Crippen MR) is 66.2 cm³/mol. The van der Waals surface area contributed by atoms with Gasteiger partial charge in [0.2, 0.25) is 0 Å². The Morgan fingerprint density at radius 1 is 1.62 bits per heavy atom. The molecule has 0 unspecified atom stereocenters. The molecule has 1 aromatic heterocycles. The van der Waals surface area contributed by atoms with Crippen LogP contribution in [0, 0.1) is 3.57 Å². The van der Waals surface area contributed by atoms with Crippen LogP contribution in [0.4, 0.5) is 0 Å². The molecule has 1 aromatic rings. The summed E-state index contributed by atoms with van der Waals surface area (Å²) in [5.74, 6) is 1.64. The minimum absolute atomic E-state index is 0.551. The second-order valence-electron chi connectivity index (χ2n) is 2.78. The summed E-state index contributed by atoms with van der Waals surface area (Å²) < 4.78 is 0.901. The molecule has 0 bridgehead atoms. The highest BCUT2D eigenvalue weighted by Crippen LogP contribution is 2.18. The lowest BCUT2D eigenvalue weighted by molar-refractivity contribution is 1.01. The molecule has 0 radical (unpaired) electrons. The van der Waals surface area contributed by atoms with E-state index in [9.17, 15) is 0 Å². The molecule has 2 nitrogen and oxygen atoms in total. The standard InChI is InChI=1S/C8H10ClIN2S/c1-5(2)13-4-7-11-3-6(10)8(9)12-7/h3,5H,4H2,1-2H3. The highest BCUT2D eigenvalue weighted by atomic mass is 127. The first-order chi connectivity index (χ1) is 6.09. The summed E-state index contributed by atoms with van der Waals surface area (Å²) in [4.78, 5) is 8.36. The van der Waals surface area contributed by atoms with Crippen molar-refractivity contribution in [1.29, 1.82) is 0 Å². The molecule has 5 heteroatoms. The summed E-state index contributed by atoms with van der Waals surface area (Å²) in [6.45, 7) is 4.30. The maximum Gasteiger partial charge on any atom is 0.146 e. The predicted octanol–water partition coefficient (Wildman–Crippen LogP) is 3.38. The Hall–Kier alpha value is 0.450. The Balaban J connectivity index is 2.63. The van der Waals surface area contributed by atoms with Gasteiger partial charge in [0.05, 0.1) is 9.32 Å². The number of thioether (sulfide) groups is 1. The van der Waals surface area contributed by atoms with E-state index in [0.29, 0.717) is 10.4 Å². The molecule has 0 aromatic carbocycles. The number of hydrogen-bond acceptors (Lipinski definition) is 3. The molecule has 13 heavy (non-hydrogen) atoms. The molecule has 0 spiro atoms. The summed E-state index contributed by atoms with van der Waals surface area (Å²) in [5, 5.41) is 1.15. The number of halogens is 2. The van der Waals surface area contributed by atoms with Gasteiger partial charge in [0, 0.05) is 6.20 Å². The van der Waals surface area contributed by atoms with Crippen molar-refractivity contribution in [3.63, 3.8) is 0 Å². The summed E-state index contributed by atoms with van der Waals surface area (Å²) in [5.41, 5.74) is 0. The molecular weight excluding hydrogens is 319 g/mol. The van der Waals surface area contributed by atoms with Crippen LogP contribution in [0.5, 0.6) is 0 Å². The van der Waals surface area contributed by atoms with E-state index in [2.05, 4.69) is 46.4 Å². The molecule has 0 atom stereocenters. The fraction of sp³-hybridized carbons (Fsp3) is 0.500. The van der Waals surface area contributed by atoms with Crippen LogP contribution >= 0.6 is 46.0 Å². The third-order valence-corrected chi connectivity index (χ3v) is 3.78. The zero-order valence-corrected chi connectivity index (χ0v) is 11.2. The normalized spacial score (nSPS) is 10.8. The minimum Gasteiger partial charge on any atom is -0.239 e. The fourth-order valence-electron chi connectivity index (χ4n) is 0.691. The van der Waals surface area contributed by atoms with Crippen molar-refractivity contribution in [3.05, 3.63) is 20.7 Å². The van der Waals surface area contributed by atoms with Crippen LogP contribution in [-0.4, -0.2) is 15.2 Å². The average Bonchev–Trinajstić information content (AvgIpc) is 2.07. The van der Waals surface area contributed by atoms with Gasteiger partial charge in [-0.1, -0.05) is 25.4 Å². The third-order valence-electron chi connectivity index (χ3n) is 1.30. The Bertz CT molecular complexity index is 293. The number of rotatable bonds is 3. The van der Waals surface area contributed by atoms with E-state index in [1.807, 2.05) is 11.8 Å². The fourth-order valence-corrected chi connectivity index (χ4v) is 1.72. The van der Waals surface area contributed by atoms with E-state index in [4.69, 9.17) is 11.6 Å². The SMILES string of the molecule is CC(C)SCc1ncc(I)c(Cl)n1. The first-order valence-electron chi connectivity index (χ1n) is 3.88. The van der Waals surface area contributed by atoms with E-state index in [0.717, 1.165) is 15.1 Å². The van der Waals surface area contributed by atoms with Crippen molar-refractivity contribution in [2.75, 3.05) is 0 Å². The van der Waals surface area contributed by atoms with E-state index < -0.39 is 0 Å². The Kier molecular flexibility index (Phi) is 4.75. The van der Waals surface area contributed by atoms with Crippen molar-refractivity contribution in [3.8, 4) is 0 Å². The van der Waals surface area contributed by atoms with Crippen molar-refractivity contribution < 1.29 is 0 Å². The monoisotopic (exact) mass is 328 g/mol. The second-order valence-corrected chi connectivity index (χ2v) is 5.87. The molecule has 0 aliphatic rings. The first kappa shape index (κ1) is 11.5. The molecule has 0 fully saturated rings. The van der Waals surface area contributed by atoms with Crippen LogP contribution < -0.4 is 0 Å². The Labute approximate surface area is 101 Å². The minimum atomic E-state index is 0.551. The molecule has 0 saturated carbocycles. The molecule has 0 saturated heterocycles. The van der Waals surface area contributed by atoms with Crippen LogP contribution in [0.15, 0.2) is 6.20 Å². The Morgan fingerprint density at radius 3 is 2.85 bits per heavy atom. The van der Waals surface area contributed by atoms with Crippen LogP contribution in [0.2, 0.25) is 5.15 Å². The van der Waals surface area contributed by atoms with Gasteiger partial charge in [0.1, 0.15) is 11.0 Å².